The zero-order valence-electron chi connectivity index (χ0n) is 11.3. The molecule has 0 aliphatic carbocycles. The molecule has 0 bridgehead atoms. The van der Waals surface area contributed by atoms with Gasteiger partial charge in [0.2, 0.25) is 5.91 Å². The third-order valence-corrected chi connectivity index (χ3v) is 4.15. The van der Waals surface area contributed by atoms with Crippen LogP contribution in [0.4, 0.5) is 5.69 Å². The first kappa shape index (κ1) is 14.2. The summed E-state index contributed by atoms with van der Waals surface area (Å²) >= 11 is 0. The average Bonchev–Trinajstić information content (AvgIpc) is 2.79. The van der Waals surface area contributed by atoms with E-state index in [1.54, 1.807) is 0 Å². The average molecular weight is 281 g/mol. The molecule has 0 saturated carbocycles. The maximum absolute atomic E-state index is 11.7. The Kier molecular flexibility index (Phi) is 4.35. The molecule has 1 aromatic rings. The molecule has 4 heteroatoms. The molecule has 2 heterocycles. The number of fused-ring (bicyclic) bond motifs is 1. The minimum Gasteiger partial charge on any atom is -0.353 e. The number of carbonyl (C=O) groups is 1. The lowest BCUT2D eigenvalue weighted by atomic mass is 9.92. The molecule has 0 aromatic heterocycles. The Morgan fingerprint density at radius 1 is 1.21 bits per heavy atom. The monoisotopic (exact) mass is 280 g/mol. The highest BCUT2D eigenvalue weighted by Crippen LogP contribution is 2.34. The van der Waals surface area contributed by atoms with Crippen LogP contribution in [0.3, 0.4) is 0 Å². The molecule has 19 heavy (non-hydrogen) atoms. The Morgan fingerprint density at radius 2 is 2.00 bits per heavy atom. The van der Waals surface area contributed by atoms with Gasteiger partial charge in [0.05, 0.1) is 6.67 Å². The molecule has 2 aliphatic rings. The van der Waals surface area contributed by atoms with Gasteiger partial charge in [0.1, 0.15) is 0 Å². The molecule has 1 aromatic carbocycles. The van der Waals surface area contributed by atoms with Crippen LogP contribution in [0, 0.1) is 0 Å². The Labute approximate surface area is 121 Å². The van der Waals surface area contributed by atoms with Crippen molar-refractivity contribution in [3.8, 4) is 0 Å². The van der Waals surface area contributed by atoms with Crippen molar-refractivity contribution in [2.24, 2.45) is 0 Å². The molecule has 1 atom stereocenters. The Bertz CT molecular complexity index is 463. The molecule has 1 fully saturated rings. The highest BCUT2D eigenvalue weighted by Gasteiger charge is 2.26. The van der Waals surface area contributed by atoms with Crippen molar-refractivity contribution in [2.45, 2.75) is 32.1 Å². The fourth-order valence-corrected chi connectivity index (χ4v) is 3.02. The van der Waals surface area contributed by atoms with E-state index < -0.39 is 0 Å². The van der Waals surface area contributed by atoms with E-state index in [1.807, 2.05) is 4.90 Å². The molecule has 104 valence electrons. The standard InChI is InChI=1S/C15H20N2O.ClH/c1-12-8-10-16(11-17-9-4-7-15(17)18)14-6-3-2-5-13(12)14;/h2-3,5-6,12H,4,7-11H2,1H3;1H. The van der Waals surface area contributed by atoms with Crippen molar-refractivity contribution in [1.82, 2.24) is 4.90 Å². The number of hydrogen-bond acceptors (Lipinski definition) is 2. The Hall–Kier alpha value is -1.22. The minimum absolute atomic E-state index is 0. The van der Waals surface area contributed by atoms with Gasteiger partial charge in [-0.05, 0) is 30.4 Å². The summed E-state index contributed by atoms with van der Waals surface area (Å²) in [5.74, 6) is 0.942. The van der Waals surface area contributed by atoms with E-state index in [1.165, 1.54) is 17.7 Å². The van der Waals surface area contributed by atoms with E-state index in [0.29, 0.717) is 11.8 Å². The van der Waals surface area contributed by atoms with Gasteiger partial charge in [-0.2, -0.15) is 0 Å². The lowest BCUT2D eigenvalue weighted by molar-refractivity contribution is -0.127. The van der Waals surface area contributed by atoms with Gasteiger partial charge < -0.3 is 9.80 Å². The third kappa shape index (κ3) is 2.71. The number of benzene rings is 1. The van der Waals surface area contributed by atoms with Crippen LogP contribution in [-0.4, -0.2) is 30.6 Å². The summed E-state index contributed by atoms with van der Waals surface area (Å²) in [4.78, 5) is 16.1. The second-order valence-electron chi connectivity index (χ2n) is 5.41. The predicted molar refractivity (Wildman–Crippen MR) is 79.9 cm³/mol. The first-order valence-electron chi connectivity index (χ1n) is 6.87. The number of para-hydroxylation sites is 1. The van der Waals surface area contributed by atoms with Crippen LogP contribution in [0.15, 0.2) is 24.3 Å². The number of carbonyl (C=O) groups excluding carboxylic acids is 1. The quantitative estimate of drug-likeness (QED) is 0.831. The van der Waals surface area contributed by atoms with Gasteiger partial charge in [0.25, 0.3) is 0 Å². The van der Waals surface area contributed by atoms with E-state index in [9.17, 15) is 4.79 Å². The van der Waals surface area contributed by atoms with E-state index in [4.69, 9.17) is 0 Å². The van der Waals surface area contributed by atoms with Crippen molar-refractivity contribution >= 4 is 24.0 Å². The fraction of sp³-hybridized carbons (Fsp3) is 0.533. The van der Waals surface area contributed by atoms with E-state index in [2.05, 4.69) is 36.1 Å². The maximum Gasteiger partial charge on any atom is 0.224 e. The summed E-state index contributed by atoms with van der Waals surface area (Å²) in [7, 11) is 0. The highest BCUT2D eigenvalue weighted by atomic mass is 35.5. The SMILES string of the molecule is CC1CCN(CN2CCCC2=O)c2ccccc21.Cl. The number of nitrogens with zero attached hydrogens (tertiary/aromatic N) is 2. The molecule has 1 saturated heterocycles. The van der Waals surface area contributed by atoms with Gasteiger partial charge in [-0.3, -0.25) is 4.79 Å². The van der Waals surface area contributed by atoms with Gasteiger partial charge in [-0.25, -0.2) is 0 Å². The third-order valence-electron chi connectivity index (χ3n) is 4.15. The van der Waals surface area contributed by atoms with Crippen molar-refractivity contribution in [3.63, 3.8) is 0 Å². The lowest BCUT2D eigenvalue weighted by Crippen LogP contribution is -2.41. The van der Waals surface area contributed by atoms with Crippen LogP contribution in [0.1, 0.15) is 37.7 Å². The van der Waals surface area contributed by atoms with Crippen LogP contribution < -0.4 is 4.90 Å². The molecule has 0 N–H and O–H groups in total. The number of hydrogen-bond donors (Lipinski definition) is 0. The smallest absolute Gasteiger partial charge is 0.224 e. The summed E-state index contributed by atoms with van der Waals surface area (Å²) in [6, 6.07) is 8.61. The van der Waals surface area contributed by atoms with Crippen molar-refractivity contribution < 1.29 is 4.79 Å². The molecule has 2 aliphatic heterocycles. The van der Waals surface area contributed by atoms with Gasteiger partial charge >= 0.3 is 0 Å². The second-order valence-corrected chi connectivity index (χ2v) is 5.41. The van der Waals surface area contributed by atoms with Crippen molar-refractivity contribution in [2.75, 3.05) is 24.7 Å². The Balaban J connectivity index is 0.00000133. The molecular formula is C15H21ClN2O. The lowest BCUT2D eigenvalue weighted by Gasteiger charge is -2.36. The van der Waals surface area contributed by atoms with Gasteiger partial charge in [-0.1, -0.05) is 25.1 Å². The Morgan fingerprint density at radius 3 is 2.74 bits per heavy atom. The van der Waals surface area contributed by atoms with E-state index >= 15 is 0 Å². The summed E-state index contributed by atoms with van der Waals surface area (Å²) in [6.07, 6.45) is 2.93. The van der Waals surface area contributed by atoms with Crippen LogP contribution in [-0.2, 0) is 4.79 Å². The summed E-state index contributed by atoms with van der Waals surface area (Å²) < 4.78 is 0. The topological polar surface area (TPSA) is 23.6 Å². The first-order chi connectivity index (χ1) is 8.75. The molecule has 3 rings (SSSR count). The zero-order chi connectivity index (χ0) is 12.5. The summed E-state index contributed by atoms with van der Waals surface area (Å²) in [6.45, 7) is 5.04. The van der Waals surface area contributed by atoms with E-state index in [0.717, 1.165) is 32.6 Å². The minimum atomic E-state index is 0. The molecule has 1 amide bonds. The zero-order valence-corrected chi connectivity index (χ0v) is 12.2. The van der Waals surface area contributed by atoms with Gasteiger partial charge in [-0.15, -0.1) is 12.4 Å². The van der Waals surface area contributed by atoms with Crippen molar-refractivity contribution in [1.29, 1.82) is 0 Å². The van der Waals surface area contributed by atoms with Crippen LogP contribution in [0.2, 0.25) is 0 Å². The van der Waals surface area contributed by atoms with Crippen LogP contribution in [0.25, 0.3) is 0 Å². The summed E-state index contributed by atoms with van der Waals surface area (Å²) in [5, 5.41) is 0. The normalized spacial score (nSPS) is 22.2. The van der Waals surface area contributed by atoms with Crippen molar-refractivity contribution in [3.05, 3.63) is 29.8 Å². The summed E-state index contributed by atoms with van der Waals surface area (Å²) in [5.41, 5.74) is 2.74. The van der Waals surface area contributed by atoms with Crippen LogP contribution in [0.5, 0.6) is 0 Å². The van der Waals surface area contributed by atoms with Gasteiger partial charge in [0, 0.05) is 25.2 Å². The number of rotatable bonds is 2. The van der Waals surface area contributed by atoms with Gasteiger partial charge in [0.15, 0.2) is 0 Å². The molecular weight excluding hydrogens is 260 g/mol. The molecule has 1 unspecified atom stereocenters. The van der Waals surface area contributed by atoms with E-state index in [-0.39, 0.29) is 12.4 Å². The number of anilines is 1. The largest absolute Gasteiger partial charge is 0.353 e. The maximum atomic E-state index is 11.7. The first-order valence-corrected chi connectivity index (χ1v) is 6.87. The molecule has 0 radical (unpaired) electrons. The highest BCUT2D eigenvalue weighted by molar-refractivity contribution is 5.85. The molecule has 3 nitrogen and oxygen atoms in total. The number of likely N-dealkylation sites (tertiary alicyclic amines) is 1. The van der Waals surface area contributed by atoms with Crippen LogP contribution >= 0.6 is 12.4 Å². The predicted octanol–water partition coefficient (Wildman–Crippen LogP) is 3.00. The number of halogens is 1. The number of amides is 1. The molecule has 0 spiro atoms. The second kappa shape index (κ2) is 5.83. The fourth-order valence-electron chi connectivity index (χ4n) is 3.02.